The van der Waals surface area contributed by atoms with Crippen LogP contribution in [0.4, 0.5) is 14.4 Å². The third-order valence-corrected chi connectivity index (χ3v) is 7.56. The molecule has 2 heterocycles. The first kappa shape index (κ1) is 44.1. The zero-order chi connectivity index (χ0) is 39.1. The van der Waals surface area contributed by atoms with E-state index in [1.54, 1.807) is 67.2 Å². The Morgan fingerprint density at radius 1 is 0.769 bits per heavy atom. The highest BCUT2D eigenvalue weighted by molar-refractivity contribution is 5.79. The largest absolute Gasteiger partial charge is 0.466 e. The first-order chi connectivity index (χ1) is 24.2. The predicted octanol–water partition coefficient (Wildman–Crippen LogP) is 6.26. The highest BCUT2D eigenvalue weighted by Gasteiger charge is 2.33. The Hall–Kier alpha value is -4.11. The fourth-order valence-electron chi connectivity index (χ4n) is 5.08. The number of ether oxygens (including phenoxy) is 4. The molecule has 0 aliphatic carbocycles. The molecule has 1 fully saturated rings. The monoisotopic (exact) mass is 738 g/mol. The molecule has 52 heavy (non-hydrogen) atoms. The van der Waals surface area contributed by atoms with Crippen molar-refractivity contribution in [2.24, 2.45) is 5.92 Å². The number of unbranched alkanes of at least 4 members (excludes halogenated alkanes) is 2. The van der Waals surface area contributed by atoms with E-state index in [1.807, 2.05) is 6.92 Å². The number of carbonyl (C=O) groups excluding carboxylic acids is 5. The Bertz CT molecular complexity index is 1310. The lowest BCUT2D eigenvalue weighted by Crippen LogP contribution is -2.45. The van der Waals surface area contributed by atoms with Gasteiger partial charge in [0.25, 0.3) is 0 Å². The number of hydrogen-bond acceptors (Lipinski definition) is 12. The topological polar surface area (TPSA) is 201 Å². The Labute approximate surface area is 308 Å². The van der Waals surface area contributed by atoms with Crippen molar-refractivity contribution >= 4 is 30.2 Å². The summed E-state index contributed by atoms with van der Waals surface area (Å²) in [4.78, 5) is 65.0. The standard InChI is InChI=1S/C36H62N6O10/c1-11-12-23-48-27(43)17-16-26(38-28(44)24-18-21-42(22-19-24)33(47)52-36(8,9)10)30-41-40-29(49-30)25(39-32(46)51-35(5,6)7)15-13-14-20-37-31(45)50-34(2,3)4/h24-26H,11-23H2,1-10H3,(H,37,45)(H,38,44)(H,39,46)/t25-,26-/m0/s1. The van der Waals surface area contributed by atoms with Gasteiger partial charge < -0.3 is 44.2 Å². The fraction of sp³-hybridized carbons (Fsp3) is 0.806. The average Bonchev–Trinajstić information content (AvgIpc) is 3.50. The van der Waals surface area contributed by atoms with E-state index in [0.29, 0.717) is 58.3 Å². The molecule has 1 aliphatic rings. The van der Waals surface area contributed by atoms with Crippen LogP contribution in [0.2, 0.25) is 0 Å². The third-order valence-electron chi connectivity index (χ3n) is 7.56. The summed E-state index contributed by atoms with van der Waals surface area (Å²) in [6, 6.07) is -1.57. The van der Waals surface area contributed by atoms with Crippen molar-refractivity contribution in [3.8, 4) is 0 Å². The van der Waals surface area contributed by atoms with Gasteiger partial charge in [-0.25, -0.2) is 14.4 Å². The molecule has 16 nitrogen and oxygen atoms in total. The molecule has 0 saturated carbocycles. The maximum Gasteiger partial charge on any atom is 0.410 e. The van der Waals surface area contributed by atoms with Crippen molar-refractivity contribution in [2.75, 3.05) is 26.2 Å². The first-order valence-corrected chi connectivity index (χ1v) is 18.4. The van der Waals surface area contributed by atoms with Gasteiger partial charge >= 0.3 is 24.2 Å². The van der Waals surface area contributed by atoms with E-state index in [4.69, 9.17) is 23.4 Å². The van der Waals surface area contributed by atoms with E-state index in [2.05, 4.69) is 26.1 Å². The van der Waals surface area contributed by atoms with Crippen LogP contribution >= 0.6 is 0 Å². The van der Waals surface area contributed by atoms with E-state index in [0.717, 1.165) is 12.8 Å². The van der Waals surface area contributed by atoms with E-state index in [-0.39, 0.29) is 30.5 Å². The van der Waals surface area contributed by atoms with Gasteiger partial charge in [0.1, 0.15) is 28.9 Å². The number of piperidine rings is 1. The van der Waals surface area contributed by atoms with Crippen LogP contribution in [0, 0.1) is 5.92 Å². The second kappa shape index (κ2) is 20.2. The highest BCUT2D eigenvalue weighted by atomic mass is 16.6. The molecule has 16 heteroatoms. The minimum Gasteiger partial charge on any atom is -0.466 e. The summed E-state index contributed by atoms with van der Waals surface area (Å²) in [6.45, 7) is 19.4. The lowest BCUT2D eigenvalue weighted by atomic mass is 9.95. The quantitative estimate of drug-likeness (QED) is 0.0978. The van der Waals surface area contributed by atoms with Gasteiger partial charge in [-0.1, -0.05) is 13.3 Å². The van der Waals surface area contributed by atoms with Gasteiger partial charge in [0.15, 0.2) is 0 Å². The van der Waals surface area contributed by atoms with Crippen LogP contribution < -0.4 is 16.0 Å². The normalized spacial score (nSPS) is 15.2. The van der Waals surface area contributed by atoms with Crippen molar-refractivity contribution in [1.82, 2.24) is 31.0 Å². The number of nitrogens with one attached hydrogen (secondary N) is 3. The molecule has 3 N–H and O–H groups in total. The van der Waals surface area contributed by atoms with Gasteiger partial charge in [-0.3, -0.25) is 9.59 Å². The minimum absolute atomic E-state index is 0.00625. The van der Waals surface area contributed by atoms with Crippen molar-refractivity contribution in [1.29, 1.82) is 0 Å². The molecular formula is C36H62N6O10. The van der Waals surface area contributed by atoms with Gasteiger partial charge in [0, 0.05) is 32.0 Å². The molecule has 0 radical (unpaired) electrons. The van der Waals surface area contributed by atoms with Crippen LogP contribution in [0.15, 0.2) is 4.42 Å². The Kier molecular flexibility index (Phi) is 17.1. The summed E-state index contributed by atoms with van der Waals surface area (Å²) in [5.41, 5.74) is -2.00. The van der Waals surface area contributed by atoms with Crippen molar-refractivity contribution < 1.29 is 47.3 Å². The van der Waals surface area contributed by atoms with Crippen LogP contribution in [0.25, 0.3) is 0 Å². The van der Waals surface area contributed by atoms with Crippen molar-refractivity contribution in [2.45, 2.75) is 156 Å². The van der Waals surface area contributed by atoms with E-state index < -0.39 is 59.1 Å². The van der Waals surface area contributed by atoms with Crippen LogP contribution in [0.5, 0.6) is 0 Å². The molecule has 1 aliphatic heterocycles. The number of amides is 4. The minimum atomic E-state index is -0.823. The molecular weight excluding hydrogens is 676 g/mol. The zero-order valence-electron chi connectivity index (χ0n) is 32.8. The number of carbonyl (C=O) groups is 5. The van der Waals surface area contributed by atoms with Gasteiger partial charge in [-0.05, 0) is 107 Å². The lowest BCUT2D eigenvalue weighted by molar-refractivity contribution is -0.144. The summed E-state index contributed by atoms with van der Waals surface area (Å²) in [6.07, 6.45) is 2.47. The molecule has 1 saturated heterocycles. The maximum atomic E-state index is 13.5. The molecule has 0 unspecified atom stereocenters. The molecule has 0 spiro atoms. The van der Waals surface area contributed by atoms with E-state index in [1.165, 1.54) is 0 Å². The number of alkyl carbamates (subject to hydrolysis) is 2. The van der Waals surface area contributed by atoms with Crippen molar-refractivity contribution in [3.63, 3.8) is 0 Å². The number of rotatable bonds is 16. The molecule has 0 bridgehead atoms. The molecule has 2 atom stereocenters. The van der Waals surface area contributed by atoms with Crippen LogP contribution in [0.3, 0.4) is 0 Å². The maximum absolute atomic E-state index is 13.5. The summed E-state index contributed by atoms with van der Waals surface area (Å²) >= 11 is 0. The number of hydrogen-bond donors (Lipinski definition) is 3. The molecule has 2 rings (SSSR count). The van der Waals surface area contributed by atoms with Gasteiger partial charge in [-0.2, -0.15) is 0 Å². The predicted molar refractivity (Wildman–Crippen MR) is 191 cm³/mol. The highest BCUT2D eigenvalue weighted by Crippen LogP contribution is 2.26. The van der Waals surface area contributed by atoms with Gasteiger partial charge in [0.2, 0.25) is 17.7 Å². The molecule has 1 aromatic rings. The number of likely N-dealkylation sites (tertiary alicyclic amines) is 1. The van der Waals surface area contributed by atoms with Gasteiger partial charge in [-0.15, -0.1) is 10.2 Å². The van der Waals surface area contributed by atoms with Crippen LogP contribution in [-0.4, -0.2) is 88.3 Å². The van der Waals surface area contributed by atoms with Crippen LogP contribution in [0.1, 0.15) is 151 Å². The van der Waals surface area contributed by atoms with Crippen LogP contribution in [-0.2, 0) is 28.5 Å². The average molecular weight is 739 g/mol. The SMILES string of the molecule is CCCCOC(=O)CC[C@H](NC(=O)C1CCN(C(=O)OC(C)(C)C)CC1)c1nnc([C@H](CCCCNC(=O)OC(C)(C)C)NC(=O)OC(C)(C)C)o1. The first-order valence-electron chi connectivity index (χ1n) is 18.4. The Balaban J connectivity index is 2.18. The summed E-state index contributed by atoms with van der Waals surface area (Å²) < 4.78 is 27.6. The summed E-state index contributed by atoms with van der Waals surface area (Å²) in [5.74, 6) is -0.915. The lowest BCUT2D eigenvalue weighted by Gasteiger charge is -2.33. The Morgan fingerprint density at radius 3 is 1.88 bits per heavy atom. The fourth-order valence-corrected chi connectivity index (χ4v) is 5.08. The third kappa shape index (κ3) is 17.9. The molecule has 4 amide bonds. The Morgan fingerprint density at radius 2 is 1.33 bits per heavy atom. The molecule has 296 valence electrons. The van der Waals surface area contributed by atoms with Gasteiger partial charge in [0.05, 0.1) is 6.61 Å². The molecule has 0 aromatic carbocycles. The molecule has 1 aromatic heterocycles. The summed E-state index contributed by atoms with van der Waals surface area (Å²) in [5, 5.41) is 16.9. The second-order valence-corrected chi connectivity index (χ2v) is 16.0. The van der Waals surface area contributed by atoms with E-state index >= 15 is 0 Å². The number of nitrogens with zero attached hydrogens (tertiary/aromatic N) is 3. The van der Waals surface area contributed by atoms with E-state index in [9.17, 15) is 24.0 Å². The smallest absolute Gasteiger partial charge is 0.410 e. The van der Waals surface area contributed by atoms with Crippen molar-refractivity contribution in [3.05, 3.63) is 11.8 Å². The number of esters is 1. The second-order valence-electron chi connectivity index (χ2n) is 16.0. The number of aromatic nitrogens is 2. The summed E-state index contributed by atoms with van der Waals surface area (Å²) in [7, 11) is 0. The zero-order valence-corrected chi connectivity index (χ0v) is 32.8.